The van der Waals surface area contributed by atoms with E-state index in [1.54, 1.807) is 18.2 Å². The molecule has 0 radical (unpaired) electrons. The van der Waals surface area contributed by atoms with Gasteiger partial charge in [-0.15, -0.1) is 0 Å². The van der Waals surface area contributed by atoms with Gasteiger partial charge < -0.3 is 5.32 Å². The van der Waals surface area contributed by atoms with E-state index in [1.165, 1.54) is 12.3 Å². The van der Waals surface area contributed by atoms with Crippen LogP contribution in [0.4, 0.5) is 10.1 Å². The number of hydrazone groups is 1. The van der Waals surface area contributed by atoms with E-state index in [9.17, 15) is 9.18 Å². The van der Waals surface area contributed by atoms with Crippen LogP contribution in [0.2, 0.25) is 0 Å². The fraction of sp³-hybridized carbons (Fsp3) is 0.125. The van der Waals surface area contributed by atoms with E-state index < -0.39 is 0 Å². The normalized spacial score (nSPS) is 10.6. The molecule has 0 unspecified atom stereocenters. The zero-order valence-electron chi connectivity index (χ0n) is 11.6. The molecule has 5 heteroatoms. The second-order valence-corrected chi connectivity index (χ2v) is 4.54. The minimum atomic E-state index is -0.381. The molecule has 0 bridgehead atoms. The number of anilines is 1. The van der Waals surface area contributed by atoms with Crippen LogP contribution in [0.5, 0.6) is 0 Å². The topological polar surface area (TPSA) is 53.5 Å². The number of carbonyl (C=O) groups excluding carboxylic acids is 1. The van der Waals surface area contributed by atoms with Crippen molar-refractivity contribution in [3.05, 3.63) is 65.5 Å². The van der Waals surface area contributed by atoms with Gasteiger partial charge in [0.15, 0.2) is 0 Å². The third-order valence-electron chi connectivity index (χ3n) is 2.77. The van der Waals surface area contributed by atoms with Crippen LogP contribution in [0.1, 0.15) is 11.1 Å². The molecule has 0 saturated heterocycles. The summed E-state index contributed by atoms with van der Waals surface area (Å²) in [6, 6.07) is 13.9. The number of nitrogens with zero attached hydrogens (tertiary/aromatic N) is 1. The molecule has 0 aliphatic carbocycles. The highest BCUT2D eigenvalue weighted by atomic mass is 19.1. The van der Waals surface area contributed by atoms with Gasteiger partial charge in [-0.25, -0.2) is 9.82 Å². The summed E-state index contributed by atoms with van der Waals surface area (Å²) < 4.78 is 13.3. The Morgan fingerprint density at radius 3 is 2.81 bits per heavy atom. The molecule has 0 atom stereocenters. The Morgan fingerprint density at radius 2 is 2.05 bits per heavy atom. The first kappa shape index (κ1) is 14.7. The number of rotatable bonds is 5. The lowest BCUT2D eigenvalue weighted by atomic mass is 10.2. The maximum absolute atomic E-state index is 13.3. The summed E-state index contributed by atoms with van der Waals surface area (Å²) in [4.78, 5) is 11.6. The lowest BCUT2D eigenvalue weighted by Gasteiger charge is -2.05. The second-order valence-electron chi connectivity index (χ2n) is 4.54. The molecule has 2 rings (SSSR count). The first-order valence-corrected chi connectivity index (χ1v) is 6.52. The van der Waals surface area contributed by atoms with Gasteiger partial charge in [-0.3, -0.25) is 4.79 Å². The number of halogens is 1. The van der Waals surface area contributed by atoms with Gasteiger partial charge in [0.2, 0.25) is 0 Å². The average molecular weight is 285 g/mol. The highest BCUT2D eigenvalue weighted by Crippen LogP contribution is 2.08. The standard InChI is InChI=1S/C16H16FN3O/c1-12-5-4-7-14(9-12)18-11-16(21)20-19-10-13-6-2-3-8-15(13)17/h2-10,18H,11H2,1H3,(H,20,21)/b19-10-. The molecular weight excluding hydrogens is 269 g/mol. The van der Waals surface area contributed by atoms with Crippen LogP contribution in [0.15, 0.2) is 53.6 Å². The quantitative estimate of drug-likeness (QED) is 0.655. The lowest BCUT2D eigenvalue weighted by molar-refractivity contribution is -0.119. The molecule has 0 saturated carbocycles. The highest BCUT2D eigenvalue weighted by Gasteiger charge is 2.00. The Hall–Kier alpha value is -2.69. The smallest absolute Gasteiger partial charge is 0.259 e. The minimum absolute atomic E-state index is 0.0953. The molecule has 0 aliphatic heterocycles. The van der Waals surface area contributed by atoms with Gasteiger partial charge in [0.1, 0.15) is 5.82 Å². The zero-order valence-corrected chi connectivity index (χ0v) is 11.6. The van der Waals surface area contributed by atoms with Crippen molar-refractivity contribution in [3.63, 3.8) is 0 Å². The Morgan fingerprint density at radius 1 is 1.24 bits per heavy atom. The van der Waals surface area contributed by atoms with Crippen LogP contribution >= 0.6 is 0 Å². The summed E-state index contributed by atoms with van der Waals surface area (Å²) in [5.74, 6) is -0.683. The molecule has 0 aliphatic rings. The van der Waals surface area contributed by atoms with Gasteiger partial charge in [0, 0.05) is 11.3 Å². The van der Waals surface area contributed by atoms with Crippen LogP contribution in [-0.2, 0) is 4.79 Å². The number of amides is 1. The fourth-order valence-corrected chi connectivity index (χ4v) is 1.73. The molecule has 2 aromatic carbocycles. The van der Waals surface area contributed by atoms with Crippen LogP contribution < -0.4 is 10.7 Å². The van der Waals surface area contributed by atoms with E-state index >= 15 is 0 Å². The molecule has 0 fully saturated rings. The largest absolute Gasteiger partial charge is 0.376 e. The number of hydrogen-bond acceptors (Lipinski definition) is 3. The monoisotopic (exact) mass is 285 g/mol. The summed E-state index contributed by atoms with van der Waals surface area (Å²) in [6.45, 7) is 2.07. The molecule has 2 N–H and O–H groups in total. The predicted octanol–water partition coefficient (Wildman–Crippen LogP) is 2.70. The number of aryl methyl sites for hydroxylation is 1. The average Bonchev–Trinajstić information content (AvgIpc) is 2.47. The van der Waals surface area contributed by atoms with Gasteiger partial charge in [0.25, 0.3) is 5.91 Å². The van der Waals surface area contributed by atoms with E-state index in [1.807, 2.05) is 31.2 Å². The number of carbonyl (C=O) groups is 1. The van der Waals surface area contributed by atoms with Crippen molar-refractivity contribution in [3.8, 4) is 0 Å². The first-order valence-electron chi connectivity index (χ1n) is 6.52. The Balaban J connectivity index is 1.81. The molecule has 4 nitrogen and oxygen atoms in total. The maximum atomic E-state index is 13.3. The Kier molecular flexibility index (Phi) is 5.04. The van der Waals surface area contributed by atoms with E-state index in [-0.39, 0.29) is 18.3 Å². The van der Waals surface area contributed by atoms with Crippen LogP contribution in [-0.4, -0.2) is 18.7 Å². The minimum Gasteiger partial charge on any atom is -0.376 e. The molecule has 1 amide bonds. The Labute approximate surface area is 122 Å². The fourth-order valence-electron chi connectivity index (χ4n) is 1.73. The van der Waals surface area contributed by atoms with E-state index in [0.717, 1.165) is 11.3 Å². The van der Waals surface area contributed by atoms with Crippen molar-refractivity contribution >= 4 is 17.8 Å². The van der Waals surface area contributed by atoms with Crippen LogP contribution in [0.25, 0.3) is 0 Å². The maximum Gasteiger partial charge on any atom is 0.259 e. The Bertz CT molecular complexity index is 655. The molecule has 2 aromatic rings. The van der Waals surface area contributed by atoms with Crippen molar-refractivity contribution in [2.75, 3.05) is 11.9 Å². The first-order chi connectivity index (χ1) is 10.1. The molecule has 108 valence electrons. The SMILES string of the molecule is Cc1cccc(NCC(=O)N/N=C\c2ccccc2F)c1. The van der Waals surface area contributed by atoms with Gasteiger partial charge in [0.05, 0.1) is 12.8 Å². The number of nitrogens with one attached hydrogen (secondary N) is 2. The lowest BCUT2D eigenvalue weighted by Crippen LogP contribution is -2.25. The summed E-state index contributed by atoms with van der Waals surface area (Å²) >= 11 is 0. The van der Waals surface area contributed by atoms with E-state index in [0.29, 0.717) is 5.56 Å². The third kappa shape index (κ3) is 4.72. The predicted molar refractivity (Wildman–Crippen MR) is 81.8 cm³/mol. The second kappa shape index (κ2) is 7.19. The number of hydrogen-bond donors (Lipinski definition) is 2. The number of benzene rings is 2. The van der Waals surface area contributed by atoms with Gasteiger partial charge in [-0.05, 0) is 30.7 Å². The summed E-state index contributed by atoms with van der Waals surface area (Å²) in [5, 5.41) is 6.71. The van der Waals surface area contributed by atoms with Gasteiger partial charge >= 0.3 is 0 Å². The molecule has 0 aromatic heterocycles. The summed E-state index contributed by atoms with van der Waals surface area (Å²) in [5.41, 5.74) is 4.64. The zero-order chi connectivity index (χ0) is 15.1. The summed E-state index contributed by atoms with van der Waals surface area (Å²) in [6.07, 6.45) is 1.28. The van der Waals surface area contributed by atoms with Crippen LogP contribution in [0.3, 0.4) is 0 Å². The summed E-state index contributed by atoms with van der Waals surface area (Å²) in [7, 11) is 0. The molecular formula is C16H16FN3O. The van der Waals surface area contributed by atoms with Crippen molar-refractivity contribution in [1.82, 2.24) is 5.43 Å². The van der Waals surface area contributed by atoms with Crippen molar-refractivity contribution in [1.29, 1.82) is 0 Å². The third-order valence-corrected chi connectivity index (χ3v) is 2.77. The van der Waals surface area contributed by atoms with Gasteiger partial charge in [-0.2, -0.15) is 5.10 Å². The van der Waals surface area contributed by atoms with Crippen molar-refractivity contribution in [2.24, 2.45) is 5.10 Å². The molecule has 0 heterocycles. The molecule has 0 spiro atoms. The van der Waals surface area contributed by atoms with Crippen molar-refractivity contribution in [2.45, 2.75) is 6.92 Å². The molecule has 21 heavy (non-hydrogen) atoms. The van der Waals surface area contributed by atoms with Crippen molar-refractivity contribution < 1.29 is 9.18 Å². The van der Waals surface area contributed by atoms with E-state index in [2.05, 4.69) is 15.8 Å². The van der Waals surface area contributed by atoms with Gasteiger partial charge in [-0.1, -0.05) is 30.3 Å². The van der Waals surface area contributed by atoms with E-state index in [4.69, 9.17) is 0 Å². The highest BCUT2D eigenvalue weighted by molar-refractivity contribution is 5.84. The van der Waals surface area contributed by atoms with Crippen LogP contribution in [0, 0.1) is 12.7 Å².